The summed E-state index contributed by atoms with van der Waals surface area (Å²) in [5, 5.41) is 5.34. The molecule has 0 radical (unpaired) electrons. The number of amides is 2. The van der Waals surface area contributed by atoms with Gasteiger partial charge >= 0.3 is 0 Å². The fraction of sp³-hybridized carbons (Fsp3) is 0.438. The summed E-state index contributed by atoms with van der Waals surface area (Å²) in [7, 11) is 0. The van der Waals surface area contributed by atoms with Gasteiger partial charge in [0.05, 0.1) is 0 Å². The topological polar surface area (TPSA) is 75.3 Å². The van der Waals surface area contributed by atoms with E-state index in [9.17, 15) is 14.4 Å². The molecule has 1 rings (SSSR count). The zero-order valence-electron chi connectivity index (χ0n) is 12.7. The molecule has 0 atom stereocenters. The minimum absolute atomic E-state index is 0.0302. The Morgan fingerprint density at radius 2 is 1.67 bits per heavy atom. The first-order chi connectivity index (χ1) is 9.88. The van der Waals surface area contributed by atoms with Gasteiger partial charge in [-0.3, -0.25) is 14.4 Å². The van der Waals surface area contributed by atoms with Crippen molar-refractivity contribution in [2.75, 3.05) is 11.9 Å². The molecule has 0 fully saturated rings. The molecule has 0 unspecified atom stereocenters. The maximum absolute atomic E-state index is 11.7. The molecule has 0 saturated heterocycles. The van der Waals surface area contributed by atoms with Gasteiger partial charge in [-0.25, -0.2) is 0 Å². The van der Waals surface area contributed by atoms with Gasteiger partial charge in [0.25, 0.3) is 0 Å². The normalized spacial score (nSPS) is 10.3. The predicted molar refractivity (Wildman–Crippen MR) is 82.2 cm³/mol. The number of benzene rings is 1. The number of hydrogen-bond donors (Lipinski definition) is 2. The molecule has 0 bridgehead atoms. The molecule has 0 heterocycles. The minimum atomic E-state index is -0.368. The molecule has 5 nitrogen and oxygen atoms in total. The molecule has 0 saturated carbocycles. The van der Waals surface area contributed by atoms with Crippen molar-refractivity contribution in [3.05, 3.63) is 29.8 Å². The molecular formula is C16H22N2O3. The summed E-state index contributed by atoms with van der Waals surface area (Å²) < 4.78 is 0. The van der Waals surface area contributed by atoms with Gasteiger partial charge < -0.3 is 10.6 Å². The third-order valence-electron chi connectivity index (χ3n) is 2.94. The van der Waals surface area contributed by atoms with Gasteiger partial charge in [0.1, 0.15) is 6.42 Å². The van der Waals surface area contributed by atoms with E-state index in [-0.39, 0.29) is 24.0 Å². The van der Waals surface area contributed by atoms with Crippen LogP contribution in [0.4, 0.5) is 5.69 Å². The predicted octanol–water partition coefficient (Wildman–Crippen LogP) is 2.38. The average Bonchev–Trinajstić information content (AvgIpc) is 2.38. The number of ketones is 1. The van der Waals surface area contributed by atoms with Crippen molar-refractivity contribution in [2.24, 2.45) is 5.92 Å². The molecule has 0 aromatic heterocycles. The van der Waals surface area contributed by atoms with Crippen molar-refractivity contribution >= 4 is 23.3 Å². The number of nitrogens with one attached hydrogen (secondary N) is 2. The van der Waals surface area contributed by atoms with Crippen LogP contribution in [0, 0.1) is 5.92 Å². The van der Waals surface area contributed by atoms with Crippen LogP contribution < -0.4 is 10.6 Å². The molecule has 2 N–H and O–H groups in total. The van der Waals surface area contributed by atoms with Crippen LogP contribution in [0.2, 0.25) is 0 Å². The number of rotatable bonds is 7. The molecule has 0 aliphatic carbocycles. The van der Waals surface area contributed by atoms with Crippen molar-refractivity contribution < 1.29 is 14.4 Å². The quantitative estimate of drug-likeness (QED) is 0.598. The maximum Gasteiger partial charge on any atom is 0.233 e. The maximum atomic E-state index is 11.7. The van der Waals surface area contributed by atoms with E-state index in [1.165, 1.54) is 6.92 Å². The summed E-state index contributed by atoms with van der Waals surface area (Å²) in [5.41, 5.74) is 1.15. The van der Waals surface area contributed by atoms with Crippen molar-refractivity contribution in [1.29, 1.82) is 0 Å². The largest absolute Gasteiger partial charge is 0.356 e. The number of anilines is 1. The Bertz CT molecular complexity index is 507. The van der Waals surface area contributed by atoms with Crippen LogP contribution in [0.25, 0.3) is 0 Å². The highest BCUT2D eigenvalue weighted by molar-refractivity contribution is 6.03. The van der Waals surface area contributed by atoms with Crippen molar-refractivity contribution in [3.63, 3.8) is 0 Å². The van der Waals surface area contributed by atoms with E-state index >= 15 is 0 Å². The zero-order chi connectivity index (χ0) is 15.8. The molecule has 0 spiro atoms. The fourth-order valence-electron chi connectivity index (χ4n) is 1.70. The molecule has 0 aliphatic heterocycles. The van der Waals surface area contributed by atoms with Crippen molar-refractivity contribution in [2.45, 2.75) is 33.6 Å². The highest BCUT2D eigenvalue weighted by Gasteiger charge is 2.09. The second-order valence-electron chi connectivity index (χ2n) is 5.39. The molecule has 1 aromatic rings. The smallest absolute Gasteiger partial charge is 0.233 e. The van der Waals surface area contributed by atoms with Crippen molar-refractivity contribution in [3.8, 4) is 0 Å². The number of carbonyl (C=O) groups excluding carboxylic acids is 3. The standard InChI is InChI=1S/C16H22N2O3/c1-11(2)8-9-17-15(20)10-16(21)18-14-6-4-13(5-7-14)12(3)19/h4-7,11H,8-10H2,1-3H3,(H,17,20)(H,18,21). The lowest BCUT2D eigenvalue weighted by Gasteiger charge is -2.08. The van der Waals surface area contributed by atoms with Crippen LogP contribution in [0.5, 0.6) is 0 Å². The first kappa shape index (κ1) is 16.9. The monoisotopic (exact) mass is 290 g/mol. The Kier molecular flexibility index (Phi) is 6.59. The minimum Gasteiger partial charge on any atom is -0.356 e. The van der Waals surface area contributed by atoms with Crippen LogP contribution in [0.3, 0.4) is 0 Å². The molecule has 0 aliphatic rings. The van der Waals surface area contributed by atoms with Crippen LogP contribution in [-0.2, 0) is 9.59 Å². The van der Waals surface area contributed by atoms with E-state index in [0.717, 1.165) is 6.42 Å². The Morgan fingerprint density at radius 1 is 1.05 bits per heavy atom. The Labute approximate surface area is 125 Å². The zero-order valence-corrected chi connectivity index (χ0v) is 12.7. The van der Waals surface area contributed by atoms with Gasteiger partial charge in [-0.05, 0) is 43.5 Å². The molecule has 5 heteroatoms. The van der Waals surface area contributed by atoms with Gasteiger partial charge in [-0.2, -0.15) is 0 Å². The van der Waals surface area contributed by atoms with Gasteiger partial charge in [0.2, 0.25) is 11.8 Å². The third-order valence-corrected chi connectivity index (χ3v) is 2.94. The van der Waals surface area contributed by atoms with E-state index in [4.69, 9.17) is 0 Å². The second kappa shape index (κ2) is 8.19. The fourth-order valence-corrected chi connectivity index (χ4v) is 1.70. The number of Topliss-reactive ketones (excluding diaryl/α,β-unsaturated/α-hetero) is 1. The van der Waals surface area contributed by atoms with E-state index in [1.54, 1.807) is 24.3 Å². The third kappa shape index (κ3) is 6.70. The SMILES string of the molecule is CC(=O)c1ccc(NC(=O)CC(=O)NCCC(C)C)cc1. The van der Waals surface area contributed by atoms with Gasteiger partial charge in [0, 0.05) is 17.8 Å². The van der Waals surface area contributed by atoms with E-state index < -0.39 is 0 Å². The Hall–Kier alpha value is -2.17. The molecule has 2 amide bonds. The summed E-state index contributed by atoms with van der Waals surface area (Å²) in [6.45, 7) is 6.21. The summed E-state index contributed by atoms with van der Waals surface area (Å²) in [6, 6.07) is 6.57. The van der Waals surface area contributed by atoms with Crippen LogP contribution in [0.1, 0.15) is 44.0 Å². The average molecular weight is 290 g/mol. The van der Waals surface area contributed by atoms with Crippen molar-refractivity contribution in [1.82, 2.24) is 5.32 Å². The highest BCUT2D eigenvalue weighted by atomic mass is 16.2. The first-order valence-corrected chi connectivity index (χ1v) is 7.06. The molecular weight excluding hydrogens is 268 g/mol. The van der Waals surface area contributed by atoms with Crippen LogP contribution >= 0.6 is 0 Å². The summed E-state index contributed by atoms with van der Waals surface area (Å²) in [6.07, 6.45) is 0.687. The summed E-state index contributed by atoms with van der Waals surface area (Å²) in [4.78, 5) is 34.4. The second-order valence-corrected chi connectivity index (χ2v) is 5.39. The van der Waals surface area contributed by atoms with Gasteiger partial charge in [0.15, 0.2) is 5.78 Å². The van der Waals surface area contributed by atoms with Crippen LogP contribution in [-0.4, -0.2) is 24.1 Å². The summed E-state index contributed by atoms with van der Waals surface area (Å²) >= 11 is 0. The molecule has 21 heavy (non-hydrogen) atoms. The number of hydrogen-bond acceptors (Lipinski definition) is 3. The Balaban J connectivity index is 2.39. The summed E-state index contributed by atoms with van der Waals surface area (Å²) in [5.74, 6) is -0.169. The molecule has 1 aromatic carbocycles. The molecule has 114 valence electrons. The van der Waals surface area contributed by atoms with Gasteiger partial charge in [-0.1, -0.05) is 13.8 Å². The highest BCUT2D eigenvalue weighted by Crippen LogP contribution is 2.10. The first-order valence-electron chi connectivity index (χ1n) is 7.06. The lowest BCUT2D eigenvalue weighted by molar-refractivity contribution is -0.126. The van der Waals surface area contributed by atoms with Crippen LogP contribution in [0.15, 0.2) is 24.3 Å². The Morgan fingerprint density at radius 3 is 2.19 bits per heavy atom. The lowest BCUT2D eigenvalue weighted by Crippen LogP contribution is -2.29. The van der Waals surface area contributed by atoms with E-state index in [2.05, 4.69) is 24.5 Å². The van der Waals surface area contributed by atoms with E-state index in [1.807, 2.05) is 0 Å². The van der Waals surface area contributed by atoms with Gasteiger partial charge in [-0.15, -0.1) is 0 Å². The lowest BCUT2D eigenvalue weighted by atomic mass is 10.1. The van der Waals surface area contributed by atoms with E-state index in [0.29, 0.717) is 23.7 Å². The number of carbonyl (C=O) groups is 3.